The topological polar surface area (TPSA) is 77.8 Å². The van der Waals surface area contributed by atoms with E-state index in [1.807, 2.05) is 12.1 Å². The molecule has 0 saturated carbocycles. The molecule has 0 fully saturated rings. The second kappa shape index (κ2) is 8.22. The van der Waals surface area contributed by atoms with Crippen LogP contribution in [0.1, 0.15) is 16.2 Å². The normalized spacial score (nSPS) is 10.8. The molecule has 7 nitrogen and oxygen atoms in total. The molecular formula is C21H16Cl2N4O3. The minimum atomic E-state index is -0.362. The second-order valence-electron chi connectivity index (χ2n) is 6.34. The molecule has 1 amide bonds. The first-order valence-corrected chi connectivity index (χ1v) is 9.64. The Morgan fingerprint density at radius 1 is 1.13 bits per heavy atom. The van der Waals surface area contributed by atoms with Gasteiger partial charge in [-0.25, -0.2) is 9.97 Å². The highest BCUT2D eigenvalue weighted by Gasteiger charge is 2.19. The van der Waals surface area contributed by atoms with Gasteiger partial charge in [-0.05, 0) is 31.2 Å². The van der Waals surface area contributed by atoms with Gasteiger partial charge in [-0.15, -0.1) is 0 Å². The first-order valence-electron chi connectivity index (χ1n) is 8.88. The molecule has 30 heavy (non-hydrogen) atoms. The second-order valence-corrected chi connectivity index (χ2v) is 7.18. The maximum absolute atomic E-state index is 12.9. The van der Waals surface area contributed by atoms with E-state index in [4.69, 9.17) is 32.7 Å². The summed E-state index contributed by atoms with van der Waals surface area (Å²) >= 11 is 12.3. The standard InChI is InChI=1S/C21H16Cl2N4O3/c1-12-19(27-11-13(22)9-15(23)20(27)25-12)21(28)26-14-7-8-18(24-10-14)30-17-6-4-3-5-16(17)29-2/h3-11H,1-2H3,(H,26,28). The molecule has 3 heterocycles. The van der Waals surface area contributed by atoms with E-state index in [9.17, 15) is 4.79 Å². The van der Waals surface area contributed by atoms with Gasteiger partial charge < -0.3 is 14.8 Å². The van der Waals surface area contributed by atoms with Gasteiger partial charge >= 0.3 is 0 Å². The summed E-state index contributed by atoms with van der Waals surface area (Å²) in [5.41, 5.74) is 1.82. The number of nitrogens with zero attached hydrogens (tertiary/aromatic N) is 3. The minimum absolute atomic E-state index is 0.337. The number of aryl methyl sites for hydroxylation is 1. The fourth-order valence-corrected chi connectivity index (χ4v) is 3.49. The van der Waals surface area contributed by atoms with Gasteiger partial charge in [0.2, 0.25) is 5.88 Å². The summed E-state index contributed by atoms with van der Waals surface area (Å²) in [4.78, 5) is 21.5. The average Bonchev–Trinajstić information content (AvgIpc) is 3.06. The summed E-state index contributed by atoms with van der Waals surface area (Å²) in [6, 6.07) is 12.2. The predicted octanol–water partition coefficient (Wildman–Crippen LogP) is 5.40. The zero-order chi connectivity index (χ0) is 21.3. The van der Waals surface area contributed by atoms with Crippen molar-refractivity contribution >= 4 is 40.4 Å². The van der Waals surface area contributed by atoms with Gasteiger partial charge in [0.25, 0.3) is 5.91 Å². The van der Waals surface area contributed by atoms with E-state index >= 15 is 0 Å². The van der Waals surface area contributed by atoms with Crippen molar-refractivity contribution in [2.45, 2.75) is 6.92 Å². The van der Waals surface area contributed by atoms with Crippen LogP contribution in [-0.2, 0) is 0 Å². The largest absolute Gasteiger partial charge is 0.493 e. The van der Waals surface area contributed by atoms with Crippen LogP contribution < -0.4 is 14.8 Å². The Labute approximate surface area is 182 Å². The van der Waals surface area contributed by atoms with Gasteiger partial charge in [-0.2, -0.15) is 0 Å². The van der Waals surface area contributed by atoms with E-state index in [0.29, 0.717) is 50.1 Å². The Morgan fingerprint density at radius 2 is 1.90 bits per heavy atom. The number of amides is 1. The van der Waals surface area contributed by atoms with Crippen molar-refractivity contribution < 1.29 is 14.3 Å². The number of carbonyl (C=O) groups excluding carboxylic acids is 1. The Kier molecular flexibility index (Phi) is 5.48. The van der Waals surface area contributed by atoms with Gasteiger partial charge in [-0.1, -0.05) is 35.3 Å². The van der Waals surface area contributed by atoms with Crippen LogP contribution in [0, 0.1) is 6.92 Å². The summed E-state index contributed by atoms with van der Waals surface area (Å²) in [6.07, 6.45) is 3.10. The molecule has 1 aromatic carbocycles. The molecule has 0 atom stereocenters. The van der Waals surface area contributed by atoms with Crippen molar-refractivity contribution in [2.24, 2.45) is 0 Å². The third-order valence-corrected chi connectivity index (χ3v) is 4.79. The molecule has 0 radical (unpaired) electrons. The van der Waals surface area contributed by atoms with Gasteiger partial charge in [0, 0.05) is 12.3 Å². The third kappa shape index (κ3) is 3.90. The SMILES string of the molecule is COc1ccccc1Oc1ccc(NC(=O)c2c(C)nc3c(Cl)cc(Cl)cn23)cn1. The Bertz CT molecular complexity index is 1240. The number of imidazole rings is 1. The van der Waals surface area contributed by atoms with Gasteiger partial charge in [0.05, 0.1) is 34.7 Å². The maximum Gasteiger partial charge on any atom is 0.274 e. The minimum Gasteiger partial charge on any atom is -0.493 e. The number of nitrogens with one attached hydrogen (secondary N) is 1. The first kappa shape index (κ1) is 20.0. The summed E-state index contributed by atoms with van der Waals surface area (Å²) in [5.74, 6) is 1.14. The Hall–Kier alpha value is -3.29. The van der Waals surface area contributed by atoms with E-state index < -0.39 is 0 Å². The highest BCUT2D eigenvalue weighted by atomic mass is 35.5. The van der Waals surface area contributed by atoms with Crippen molar-refractivity contribution in [3.05, 3.63) is 76.3 Å². The fourth-order valence-electron chi connectivity index (χ4n) is 2.98. The van der Waals surface area contributed by atoms with Crippen molar-refractivity contribution in [2.75, 3.05) is 12.4 Å². The lowest BCUT2D eigenvalue weighted by Gasteiger charge is -2.10. The van der Waals surface area contributed by atoms with Crippen molar-refractivity contribution in [1.82, 2.24) is 14.4 Å². The number of benzene rings is 1. The van der Waals surface area contributed by atoms with Crippen LogP contribution in [0.2, 0.25) is 10.0 Å². The zero-order valence-corrected chi connectivity index (χ0v) is 17.5. The number of carbonyl (C=O) groups is 1. The zero-order valence-electron chi connectivity index (χ0n) is 16.0. The van der Waals surface area contributed by atoms with Crippen LogP contribution >= 0.6 is 23.2 Å². The van der Waals surface area contributed by atoms with E-state index in [1.54, 1.807) is 55.0 Å². The van der Waals surface area contributed by atoms with Crippen molar-refractivity contribution in [1.29, 1.82) is 0 Å². The number of hydrogen-bond donors (Lipinski definition) is 1. The average molecular weight is 443 g/mol. The molecule has 4 rings (SSSR count). The molecule has 0 spiro atoms. The lowest BCUT2D eigenvalue weighted by molar-refractivity contribution is 0.102. The van der Waals surface area contributed by atoms with Crippen molar-refractivity contribution in [3.8, 4) is 17.4 Å². The van der Waals surface area contributed by atoms with Gasteiger partial charge in [-0.3, -0.25) is 9.20 Å². The monoisotopic (exact) mass is 442 g/mol. The number of methoxy groups -OCH3 is 1. The van der Waals surface area contributed by atoms with Crippen molar-refractivity contribution in [3.63, 3.8) is 0 Å². The number of halogens is 2. The Balaban J connectivity index is 1.55. The lowest BCUT2D eigenvalue weighted by atomic mass is 10.3. The fraction of sp³-hybridized carbons (Fsp3) is 0.0952. The number of anilines is 1. The van der Waals surface area contributed by atoms with Crippen LogP contribution in [0.25, 0.3) is 5.65 Å². The molecule has 0 saturated heterocycles. The highest BCUT2D eigenvalue weighted by Crippen LogP contribution is 2.30. The van der Waals surface area contributed by atoms with E-state index in [0.717, 1.165) is 0 Å². The number of ether oxygens (including phenoxy) is 2. The number of para-hydroxylation sites is 2. The van der Waals surface area contributed by atoms with Crippen LogP contribution in [0.15, 0.2) is 54.9 Å². The molecule has 0 aliphatic carbocycles. The number of hydrogen-bond acceptors (Lipinski definition) is 5. The molecule has 1 N–H and O–H groups in total. The lowest BCUT2D eigenvalue weighted by Crippen LogP contribution is -2.15. The molecule has 4 aromatic rings. The quantitative estimate of drug-likeness (QED) is 0.447. The summed E-state index contributed by atoms with van der Waals surface area (Å²) in [7, 11) is 1.57. The number of rotatable bonds is 5. The van der Waals surface area contributed by atoms with Crippen LogP contribution in [0.5, 0.6) is 17.4 Å². The van der Waals surface area contributed by atoms with E-state index in [2.05, 4.69) is 15.3 Å². The van der Waals surface area contributed by atoms with E-state index in [-0.39, 0.29) is 5.91 Å². The van der Waals surface area contributed by atoms with Gasteiger partial charge in [0.15, 0.2) is 17.1 Å². The Morgan fingerprint density at radius 3 is 2.60 bits per heavy atom. The number of fused-ring (bicyclic) bond motifs is 1. The molecule has 0 aliphatic rings. The number of pyridine rings is 2. The molecule has 0 bridgehead atoms. The summed E-state index contributed by atoms with van der Waals surface area (Å²) in [5, 5.41) is 3.57. The van der Waals surface area contributed by atoms with Gasteiger partial charge in [0.1, 0.15) is 5.69 Å². The maximum atomic E-state index is 12.9. The molecule has 9 heteroatoms. The number of aromatic nitrogens is 3. The highest BCUT2D eigenvalue weighted by molar-refractivity contribution is 6.36. The van der Waals surface area contributed by atoms with Crippen LogP contribution in [0.3, 0.4) is 0 Å². The predicted molar refractivity (Wildman–Crippen MR) is 115 cm³/mol. The molecular weight excluding hydrogens is 427 g/mol. The van der Waals surface area contributed by atoms with Crippen LogP contribution in [-0.4, -0.2) is 27.4 Å². The summed E-state index contributed by atoms with van der Waals surface area (Å²) < 4.78 is 12.6. The molecule has 0 unspecified atom stereocenters. The molecule has 3 aromatic heterocycles. The molecule has 152 valence electrons. The third-order valence-electron chi connectivity index (χ3n) is 4.31. The summed E-state index contributed by atoms with van der Waals surface area (Å²) in [6.45, 7) is 1.73. The smallest absolute Gasteiger partial charge is 0.274 e. The first-order chi connectivity index (χ1) is 14.5. The van der Waals surface area contributed by atoms with Crippen LogP contribution in [0.4, 0.5) is 5.69 Å². The molecule has 0 aliphatic heterocycles. The van der Waals surface area contributed by atoms with E-state index in [1.165, 1.54) is 6.20 Å².